The lowest BCUT2D eigenvalue weighted by molar-refractivity contribution is 0.416. The van der Waals surface area contributed by atoms with Crippen molar-refractivity contribution in [1.82, 2.24) is 9.55 Å². The lowest BCUT2D eigenvalue weighted by Crippen LogP contribution is -1.94. The number of halogens is 1. The molecule has 0 aliphatic heterocycles. The van der Waals surface area contributed by atoms with Crippen LogP contribution < -0.4 is 4.74 Å². The van der Waals surface area contributed by atoms with Gasteiger partial charge in [-0.25, -0.2) is 4.98 Å². The van der Waals surface area contributed by atoms with Gasteiger partial charge in [0.2, 0.25) is 0 Å². The summed E-state index contributed by atoms with van der Waals surface area (Å²) in [7, 11) is 3.62. The van der Waals surface area contributed by atoms with Crippen LogP contribution in [0, 0.1) is 0 Å². The summed E-state index contributed by atoms with van der Waals surface area (Å²) in [5, 5.41) is 0. The number of imidazole rings is 1. The minimum Gasteiger partial charge on any atom is -0.496 e. The van der Waals surface area contributed by atoms with Crippen LogP contribution in [0.5, 0.6) is 5.75 Å². The molecule has 0 saturated heterocycles. The molecule has 0 spiro atoms. The first-order valence-corrected chi connectivity index (χ1v) is 5.34. The van der Waals surface area contributed by atoms with E-state index in [0.29, 0.717) is 0 Å². The molecule has 0 aliphatic carbocycles. The van der Waals surface area contributed by atoms with Crippen molar-refractivity contribution in [3.8, 4) is 17.1 Å². The average Bonchev–Trinajstić information content (AvgIpc) is 2.57. The van der Waals surface area contributed by atoms with Gasteiger partial charge in [0, 0.05) is 13.2 Å². The van der Waals surface area contributed by atoms with Crippen LogP contribution in [0.1, 0.15) is 0 Å². The third kappa shape index (κ3) is 1.90. The number of rotatable bonds is 2. The topological polar surface area (TPSA) is 27.1 Å². The second-order valence-corrected chi connectivity index (χ2v) is 4.01. The maximum Gasteiger partial charge on any atom is 0.144 e. The van der Waals surface area contributed by atoms with E-state index in [-0.39, 0.29) is 0 Å². The van der Waals surface area contributed by atoms with E-state index in [0.717, 1.165) is 21.7 Å². The van der Waals surface area contributed by atoms with Crippen molar-refractivity contribution in [2.75, 3.05) is 7.11 Å². The van der Waals surface area contributed by atoms with Crippen LogP contribution in [0.2, 0.25) is 0 Å². The van der Waals surface area contributed by atoms with E-state index >= 15 is 0 Å². The van der Waals surface area contributed by atoms with Crippen molar-refractivity contribution in [3.05, 3.63) is 35.1 Å². The van der Waals surface area contributed by atoms with E-state index in [1.807, 2.05) is 42.1 Å². The van der Waals surface area contributed by atoms with Crippen LogP contribution in [-0.2, 0) is 7.05 Å². The van der Waals surface area contributed by atoms with Crippen LogP contribution in [0.3, 0.4) is 0 Å². The molecule has 78 valence electrons. The molecule has 0 aliphatic rings. The number of benzene rings is 1. The van der Waals surface area contributed by atoms with E-state index in [1.165, 1.54) is 0 Å². The smallest absolute Gasteiger partial charge is 0.144 e. The lowest BCUT2D eigenvalue weighted by atomic mass is 10.2. The Bertz CT molecular complexity index is 479. The highest BCUT2D eigenvalue weighted by atomic mass is 79.9. The molecule has 4 heteroatoms. The van der Waals surface area contributed by atoms with Crippen LogP contribution in [0.25, 0.3) is 11.4 Å². The Morgan fingerprint density at radius 3 is 2.67 bits per heavy atom. The van der Waals surface area contributed by atoms with Gasteiger partial charge in [-0.1, -0.05) is 12.1 Å². The fourth-order valence-electron chi connectivity index (χ4n) is 1.51. The zero-order valence-corrected chi connectivity index (χ0v) is 10.2. The van der Waals surface area contributed by atoms with Gasteiger partial charge in [-0.05, 0) is 28.1 Å². The third-order valence-corrected chi connectivity index (χ3v) is 2.58. The van der Waals surface area contributed by atoms with Crippen LogP contribution in [0.4, 0.5) is 0 Å². The molecule has 0 amide bonds. The van der Waals surface area contributed by atoms with Crippen molar-refractivity contribution in [3.63, 3.8) is 0 Å². The number of hydrogen-bond donors (Lipinski definition) is 0. The zero-order chi connectivity index (χ0) is 10.8. The number of ether oxygens (including phenoxy) is 1. The maximum atomic E-state index is 5.30. The van der Waals surface area contributed by atoms with Crippen LogP contribution in [0.15, 0.2) is 35.1 Å². The highest BCUT2D eigenvalue weighted by Gasteiger charge is 2.10. The third-order valence-electron chi connectivity index (χ3n) is 2.19. The SMILES string of the molecule is COc1ccccc1-c1nc(Br)cn1C. The van der Waals surface area contributed by atoms with Crippen molar-refractivity contribution in [2.45, 2.75) is 0 Å². The Kier molecular flexibility index (Phi) is 2.77. The predicted molar refractivity (Wildman–Crippen MR) is 62.9 cm³/mol. The van der Waals surface area contributed by atoms with E-state index in [9.17, 15) is 0 Å². The average molecular weight is 267 g/mol. The molecular weight excluding hydrogens is 256 g/mol. The van der Waals surface area contributed by atoms with Crippen LogP contribution in [-0.4, -0.2) is 16.7 Å². The number of nitrogens with zero attached hydrogens (tertiary/aromatic N) is 2. The van der Waals surface area contributed by atoms with Crippen molar-refractivity contribution in [1.29, 1.82) is 0 Å². The molecule has 2 rings (SSSR count). The Morgan fingerprint density at radius 2 is 2.07 bits per heavy atom. The van der Waals surface area contributed by atoms with Crippen molar-refractivity contribution < 1.29 is 4.74 Å². The van der Waals surface area contributed by atoms with Gasteiger partial charge in [-0.2, -0.15) is 0 Å². The highest BCUT2D eigenvalue weighted by Crippen LogP contribution is 2.29. The van der Waals surface area contributed by atoms with E-state index in [2.05, 4.69) is 20.9 Å². The zero-order valence-electron chi connectivity index (χ0n) is 8.57. The molecule has 15 heavy (non-hydrogen) atoms. The molecule has 3 nitrogen and oxygen atoms in total. The summed E-state index contributed by atoms with van der Waals surface area (Å²) in [4.78, 5) is 4.39. The number of hydrogen-bond acceptors (Lipinski definition) is 2. The van der Waals surface area contributed by atoms with E-state index in [4.69, 9.17) is 4.74 Å². The Labute approximate surface area is 96.8 Å². The minimum atomic E-state index is 0.825. The second-order valence-electron chi connectivity index (χ2n) is 3.20. The van der Waals surface area contributed by atoms with Gasteiger partial charge < -0.3 is 9.30 Å². The van der Waals surface area contributed by atoms with Crippen LogP contribution >= 0.6 is 15.9 Å². The van der Waals surface area contributed by atoms with Crippen molar-refractivity contribution in [2.24, 2.45) is 7.05 Å². The molecule has 1 heterocycles. The summed E-state index contributed by atoms with van der Waals surface area (Å²) in [5.74, 6) is 1.72. The molecule has 2 aromatic rings. The Balaban J connectivity index is 2.58. The molecule has 0 N–H and O–H groups in total. The number of aryl methyl sites for hydroxylation is 1. The summed E-state index contributed by atoms with van der Waals surface area (Å²) < 4.78 is 8.08. The maximum absolute atomic E-state index is 5.30. The second kappa shape index (κ2) is 4.06. The standard InChI is InChI=1S/C11H11BrN2O/c1-14-7-10(12)13-11(14)8-5-3-4-6-9(8)15-2/h3-7H,1-2H3. The monoisotopic (exact) mass is 266 g/mol. The minimum absolute atomic E-state index is 0.825. The first kappa shape index (κ1) is 10.2. The normalized spacial score (nSPS) is 10.3. The molecule has 1 aromatic carbocycles. The first-order chi connectivity index (χ1) is 7.22. The summed E-state index contributed by atoms with van der Waals surface area (Å²) in [6.45, 7) is 0. The fraction of sp³-hybridized carbons (Fsp3) is 0.182. The Morgan fingerprint density at radius 1 is 1.33 bits per heavy atom. The summed E-state index contributed by atoms with van der Waals surface area (Å²) in [6.07, 6.45) is 1.92. The molecule has 0 unspecified atom stereocenters. The largest absolute Gasteiger partial charge is 0.496 e. The van der Waals surface area contributed by atoms with Gasteiger partial charge in [-0.3, -0.25) is 0 Å². The molecule has 1 aromatic heterocycles. The number of aromatic nitrogens is 2. The highest BCUT2D eigenvalue weighted by molar-refractivity contribution is 9.10. The summed E-state index contributed by atoms with van der Waals surface area (Å²) in [5.41, 5.74) is 0.994. The fourth-order valence-corrected chi connectivity index (χ4v) is 1.98. The quantitative estimate of drug-likeness (QED) is 0.836. The number of methoxy groups -OCH3 is 1. The van der Waals surface area contributed by atoms with Gasteiger partial charge in [0.15, 0.2) is 0 Å². The van der Waals surface area contributed by atoms with E-state index < -0.39 is 0 Å². The van der Waals surface area contributed by atoms with Gasteiger partial charge >= 0.3 is 0 Å². The molecule has 0 fully saturated rings. The van der Waals surface area contributed by atoms with Crippen molar-refractivity contribution >= 4 is 15.9 Å². The molecule has 0 radical (unpaired) electrons. The summed E-state index contributed by atoms with van der Waals surface area (Å²) in [6, 6.07) is 7.84. The lowest BCUT2D eigenvalue weighted by Gasteiger charge is -2.07. The first-order valence-electron chi connectivity index (χ1n) is 4.54. The molecule has 0 saturated carbocycles. The van der Waals surface area contributed by atoms with E-state index in [1.54, 1.807) is 7.11 Å². The Hall–Kier alpha value is -1.29. The summed E-state index contributed by atoms with van der Waals surface area (Å²) >= 11 is 3.35. The van der Waals surface area contributed by atoms with Gasteiger partial charge in [0.1, 0.15) is 16.2 Å². The van der Waals surface area contributed by atoms with Gasteiger partial charge in [0.05, 0.1) is 12.7 Å². The number of para-hydroxylation sites is 1. The molecular formula is C11H11BrN2O. The van der Waals surface area contributed by atoms with Gasteiger partial charge in [-0.15, -0.1) is 0 Å². The molecule has 0 atom stereocenters. The predicted octanol–water partition coefficient (Wildman–Crippen LogP) is 2.86. The van der Waals surface area contributed by atoms with Gasteiger partial charge in [0.25, 0.3) is 0 Å². The molecule has 0 bridgehead atoms.